The van der Waals surface area contributed by atoms with Gasteiger partial charge in [0.2, 0.25) is 5.91 Å². The smallest absolute Gasteiger partial charge is 0.257 e. The van der Waals surface area contributed by atoms with Crippen molar-refractivity contribution in [2.75, 3.05) is 20.2 Å². The maximum atomic E-state index is 12.7. The molecule has 1 N–H and O–H groups in total. The summed E-state index contributed by atoms with van der Waals surface area (Å²) in [6.45, 7) is 0.747. The topological polar surface area (TPSA) is 75.7 Å². The average molecular weight is 366 g/mol. The predicted molar refractivity (Wildman–Crippen MR) is 101 cm³/mol. The zero-order valence-electron chi connectivity index (χ0n) is 15.2. The minimum Gasteiger partial charge on any atom is -0.496 e. The second-order valence-electron chi connectivity index (χ2n) is 6.44. The molecule has 1 saturated heterocycles. The summed E-state index contributed by atoms with van der Waals surface area (Å²) in [4.78, 5) is 39.3. The van der Waals surface area contributed by atoms with Gasteiger partial charge in [0, 0.05) is 5.56 Å². The molecule has 6 nitrogen and oxygen atoms in total. The number of ketones is 1. The third-order valence-electron chi connectivity index (χ3n) is 4.69. The van der Waals surface area contributed by atoms with Crippen LogP contribution in [0.4, 0.5) is 0 Å². The molecule has 0 unspecified atom stereocenters. The molecule has 1 atom stereocenters. The number of nitrogens with one attached hydrogen (secondary N) is 1. The van der Waals surface area contributed by atoms with E-state index >= 15 is 0 Å². The molecule has 0 bridgehead atoms. The highest BCUT2D eigenvalue weighted by Crippen LogP contribution is 2.22. The fraction of sp³-hybridized carbons (Fsp3) is 0.286. The van der Waals surface area contributed by atoms with Crippen LogP contribution < -0.4 is 10.1 Å². The molecule has 2 aromatic rings. The average Bonchev–Trinajstić information content (AvgIpc) is 3.16. The Balaban J connectivity index is 1.65. The number of likely N-dealkylation sites (tertiary alicyclic amines) is 1. The number of Topliss-reactive ketones (excluding diaryl/α,β-unsaturated/α-hetero) is 1. The van der Waals surface area contributed by atoms with Crippen LogP contribution in [-0.4, -0.2) is 48.7 Å². The highest BCUT2D eigenvalue weighted by Gasteiger charge is 2.33. The van der Waals surface area contributed by atoms with Crippen molar-refractivity contribution in [1.29, 1.82) is 0 Å². The van der Waals surface area contributed by atoms with Crippen LogP contribution in [-0.2, 0) is 4.79 Å². The second kappa shape index (κ2) is 8.60. The first-order chi connectivity index (χ1) is 13.1. The number of imide groups is 1. The van der Waals surface area contributed by atoms with Crippen molar-refractivity contribution in [3.8, 4) is 5.75 Å². The lowest BCUT2D eigenvalue weighted by molar-refractivity contribution is -0.124. The van der Waals surface area contributed by atoms with Crippen LogP contribution in [0.5, 0.6) is 5.75 Å². The number of methoxy groups -OCH3 is 1. The van der Waals surface area contributed by atoms with Gasteiger partial charge in [-0.05, 0) is 43.7 Å². The minimum absolute atomic E-state index is 0.109. The number of carbonyl (C=O) groups excluding carboxylic acids is 3. The van der Waals surface area contributed by atoms with Gasteiger partial charge in [-0.15, -0.1) is 0 Å². The molecule has 6 heteroatoms. The van der Waals surface area contributed by atoms with E-state index in [-0.39, 0.29) is 18.2 Å². The normalized spacial score (nSPS) is 16.7. The monoisotopic (exact) mass is 366 g/mol. The first kappa shape index (κ1) is 18.8. The van der Waals surface area contributed by atoms with E-state index in [1.165, 1.54) is 7.11 Å². The Morgan fingerprint density at radius 3 is 2.52 bits per heavy atom. The Hall–Kier alpha value is -2.99. The molecule has 1 heterocycles. The van der Waals surface area contributed by atoms with Crippen LogP contribution in [0.15, 0.2) is 54.6 Å². The van der Waals surface area contributed by atoms with Crippen LogP contribution in [0, 0.1) is 0 Å². The summed E-state index contributed by atoms with van der Waals surface area (Å²) in [5.74, 6) is -0.388. The van der Waals surface area contributed by atoms with Gasteiger partial charge in [0.25, 0.3) is 5.91 Å². The van der Waals surface area contributed by atoms with Gasteiger partial charge in [0.05, 0.1) is 25.3 Å². The summed E-state index contributed by atoms with van der Waals surface area (Å²) in [7, 11) is 1.52. The Bertz CT molecular complexity index is 835. The number of para-hydroxylation sites is 1. The Kier molecular flexibility index (Phi) is 5.98. The lowest BCUT2D eigenvalue weighted by atomic mass is 10.1. The summed E-state index contributed by atoms with van der Waals surface area (Å²) in [5, 5.41) is 2.45. The fourth-order valence-electron chi connectivity index (χ4n) is 3.31. The first-order valence-corrected chi connectivity index (χ1v) is 8.90. The van der Waals surface area contributed by atoms with Crippen LogP contribution in [0.25, 0.3) is 0 Å². The van der Waals surface area contributed by atoms with Crippen LogP contribution in [0.3, 0.4) is 0 Å². The van der Waals surface area contributed by atoms with Gasteiger partial charge in [-0.2, -0.15) is 0 Å². The molecule has 140 valence electrons. The summed E-state index contributed by atoms with van der Waals surface area (Å²) >= 11 is 0. The molecule has 2 amide bonds. The minimum atomic E-state index is -0.490. The molecule has 1 aliphatic rings. The largest absolute Gasteiger partial charge is 0.496 e. The van der Waals surface area contributed by atoms with E-state index in [0.29, 0.717) is 29.8 Å². The number of amides is 2. The second-order valence-corrected chi connectivity index (χ2v) is 6.44. The van der Waals surface area contributed by atoms with Gasteiger partial charge in [-0.25, -0.2) is 0 Å². The summed E-state index contributed by atoms with van der Waals surface area (Å²) in [6.07, 6.45) is 1.42. The van der Waals surface area contributed by atoms with E-state index in [1.54, 1.807) is 54.6 Å². The Labute approximate surface area is 158 Å². The lowest BCUT2D eigenvalue weighted by Gasteiger charge is -2.23. The van der Waals surface area contributed by atoms with Crippen molar-refractivity contribution in [2.24, 2.45) is 0 Å². The zero-order valence-corrected chi connectivity index (χ0v) is 15.2. The van der Waals surface area contributed by atoms with Gasteiger partial charge in [0.15, 0.2) is 5.78 Å². The summed E-state index contributed by atoms with van der Waals surface area (Å²) < 4.78 is 5.24. The fourth-order valence-corrected chi connectivity index (χ4v) is 3.31. The van der Waals surface area contributed by atoms with Crippen LogP contribution >= 0.6 is 0 Å². The third kappa shape index (κ3) is 4.41. The highest BCUT2D eigenvalue weighted by molar-refractivity contribution is 6.06. The Morgan fingerprint density at radius 2 is 1.78 bits per heavy atom. The maximum absolute atomic E-state index is 12.7. The number of rotatable bonds is 6. The SMILES string of the molecule is COc1ccccc1C(=O)CN1CCC[C@@H]1C(=O)NC(=O)c1ccccc1. The first-order valence-electron chi connectivity index (χ1n) is 8.90. The van der Waals surface area contributed by atoms with E-state index in [1.807, 2.05) is 4.90 Å². The van der Waals surface area contributed by atoms with E-state index in [9.17, 15) is 14.4 Å². The molecule has 0 aliphatic carbocycles. The molecule has 0 saturated carbocycles. The number of ether oxygens (including phenoxy) is 1. The van der Waals surface area contributed by atoms with E-state index < -0.39 is 11.9 Å². The molecular formula is C21H22N2O4. The molecule has 0 radical (unpaired) electrons. The zero-order chi connectivity index (χ0) is 19.2. The predicted octanol–water partition coefficient (Wildman–Crippen LogP) is 2.30. The third-order valence-corrected chi connectivity index (χ3v) is 4.69. The standard InChI is InChI=1S/C21H22N2O4/c1-27-19-12-6-5-10-16(19)18(24)14-23-13-7-11-17(23)21(26)22-20(25)15-8-3-2-4-9-15/h2-6,8-10,12,17H,7,11,13-14H2,1H3,(H,22,25,26)/t17-/m1/s1. The van der Waals surface area contributed by atoms with Crippen molar-refractivity contribution in [2.45, 2.75) is 18.9 Å². The number of hydrogen-bond acceptors (Lipinski definition) is 5. The highest BCUT2D eigenvalue weighted by atomic mass is 16.5. The van der Waals surface area contributed by atoms with Crippen LogP contribution in [0.1, 0.15) is 33.6 Å². The molecule has 1 aliphatic heterocycles. The van der Waals surface area contributed by atoms with Crippen molar-refractivity contribution in [3.05, 3.63) is 65.7 Å². The van der Waals surface area contributed by atoms with Gasteiger partial charge in [-0.3, -0.25) is 24.6 Å². The van der Waals surface area contributed by atoms with Gasteiger partial charge < -0.3 is 4.74 Å². The molecule has 0 spiro atoms. The molecule has 0 aromatic heterocycles. The number of hydrogen-bond donors (Lipinski definition) is 1. The van der Waals surface area contributed by atoms with Crippen molar-refractivity contribution in [3.63, 3.8) is 0 Å². The van der Waals surface area contributed by atoms with E-state index in [4.69, 9.17) is 4.74 Å². The Morgan fingerprint density at radius 1 is 1.07 bits per heavy atom. The van der Waals surface area contributed by atoms with Gasteiger partial charge >= 0.3 is 0 Å². The lowest BCUT2D eigenvalue weighted by Crippen LogP contribution is -2.46. The number of benzene rings is 2. The van der Waals surface area contributed by atoms with E-state index in [0.717, 1.165) is 6.42 Å². The molecule has 3 rings (SSSR count). The summed E-state index contributed by atoms with van der Waals surface area (Å²) in [6, 6.07) is 15.1. The van der Waals surface area contributed by atoms with Crippen LogP contribution in [0.2, 0.25) is 0 Å². The van der Waals surface area contributed by atoms with Gasteiger partial charge in [-0.1, -0.05) is 30.3 Å². The quantitative estimate of drug-likeness (QED) is 0.627. The number of carbonyl (C=O) groups is 3. The molecule has 1 fully saturated rings. The van der Waals surface area contributed by atoms with Gasteiger partial charge in [0.1, 0.15) is 5.75 Å². The van der Waals surface area contributed by atoms with E-state index in [2.05, 4.69) is 5.32 Å². The maximum Gasteiger partial charge on any atom is 0.257 e. The molecular weight excluding hydrogens is 344 g/mol. The molecule has 27 heavy (non-hydrogen) atoms. The summed E-state index contributed by atoms with van der Waals surface area (Å²) in [5.41, 5.74) is 0.923. The number of nitrogens with zero attached hydrogens (tertiary/aromatic N) is 1. The van der Waals surface area contributed by atoms with Crippen molar-refractivity contribution >= 4 is 17.6 Å². The molecule has 2 aromatic carbocycles. The van der Waals surface area contributed by atoms with Crippen molar-refractivity contribution in [1.82, 2.24) is 10.2 Å². The van der Waals surface area contributed by atoms with Crippen molar-refractivity contribution < 1.29 is 19.1 Å².